The lowest BCUT2D eigenvalue weighted by Gasteiger charge is -2.19. The summed E-state index contributed by atoms with van der Waals surface area (Å²) in [5.41, 5.74) is 0.856. The van der Waals surface area contributed by atoms with Gasteiger partial charge in [0.1, 0.15) is 5.75 Å². The smallest absolute Gasteiger partial charge is 0.456 e. The van der Waals surface area contributed by atoms with Gasteiger partial charge in [-0.3, -0.25) is 0 Å². The lowest BCUT2D eigenvalue weighted by Crippen LogP contribution is -2.41. The normalized spacial score (nSPS) is 12.6. The van der Waals surface area contributed by atoms with Crippen LogP contribution in [0.2, 0.25) is 0 Å². The first-order valence-electron chi connectivity index (χ1n) is 4.36. The molecule has 0 radical (unpaired) electrons. The molecule has 16 heavy (non-hydrogen) atoms. The number of ether oxygens (including phenoxy) is 1. The Balaban J connectivity index is 2.61. The van der Waals surface area contributed by atoms with Gasteiger partial charge in [-0.25, -0.2) is 0 Å². The molecular formula is C10H9F5O. The van der Waals surface area contributed by atoms with Gasteiger partial charge < -0.3 is 4.74 Å². The fraction of sp³-hybridized carbons (Fsp3) is 0.400. The van der Waals surface area contributed by atoms with Gasteiger partial charge in [-0.2, -0.15) is 22.0 Å². The molecule has 0 bridgehead atoms. The second-order valence-corrected chi connectivity index (χ2v) is 3.30. The van der Waals surface area contributed by atoms with E-state index in [4.69, 9.17) is 0 Å². The minimum Gasteiger partial charge on any atom is -0.487 e. The highest BCUT2D eigenvalue weighted by atomic mass is 19.4. The van der Waals surface area contributed by atoms with Crippen molar-refractivity contribution < 1.29 is 26.7 Å². The molecule has 90 valence electrons. The molecule has 6 heteroatoms. The summed E-state index contributed by atoms with van der Waals surface area (Å²) >= 11 is 0. The highest BCUT2D eigenvalue weighted by Crippen LogP contribution is 2.35. The van der Waals surface area contributed by atoms with Crippen molar-refractivity contribution in [3.63, 3.8) is 0 Å². The highest BCUT2D eigenvalue weighted by molar-refractivity contribution is 5.26. The van der Waals surface area contributed by atoms with Crippen LogP contribution in [-0.2, 0) is 0 Å². The van der Waals surface area contributed by atoms with Crippen molar-refractivity contribution in [1.82, 2.24) is 0 Å². The summed E-state index contributed by atoms with van der Waals surface area (Å²) in [5, 5.41) is 0. The Hall–Kier alpha value is -1.33. The van der Waals surface area contributed by atoms with E-state index >= 15 is 0 Å². The Bertz CT molecular complexity index is 341. The number of hydrogen-bond acceptors (Lipinski definition) is 1. The standard InChI is InChI=1S/C10H9F5O/c1-7-2-4-8(5-3-7)16-6-9(11,12)10(13,14)15/h2-5H,6H2,1H3. The summed E-state index contributed by atoms with van der Waals surface area (Å²) < 4.78 is 64.6. The monoisotopic (exact) mass is 240 g/mol. The summed E-state index contributed by atoms with van der Waals surface area (Å²) in [7, 11) is 0. The van der Waals surface area contributed by atoms with E-state index in [0.717, 1.165) is 5.56 Å². The topological polar surface area (TPSA) is 9.23 Å². The zero-order valence-corrected chi connectivity index (χ0v) is 8.31. The molecule has 0 atom stereocenters. The van der Waals surface area contributed by atoms with Gasteiger partial charge >= 0.3 is 12.1 Å². The molecule has 0 aliphatic heterocycles. The number of rotatable bonds is 3. The van der Waals surface area contributed by atoms with Gasteiger partial charge in [0.05, 0.1) is 0 Å². The van der Waals surface area contributed by atoms with Crippen LogP contribution in [0.25, 0.3) is 0 Å². The van der Waals surface area contributed by atoms with E-state index in [0.29, 0.717) is 0 Å². The van der Waals surface area contributed by atoms with E-state index in [9.17, 15) is 22.0 Å². The SMILES string of the molecule is Cc1ccc(OCC(F)(F)C(F)(F)F)cc1. The maximum absolute atomic E-state index is 12.4. The number of alkyl halides is 5. The van der Waals surface area contributed by atoms with Gasteiger partial charge in [0.25, 0.3) is 0 Å². The summed E-state index contributed by atoms with van der Waals surface area (Å²) in [6.07, 6.45) is -5.59. The molecule has 0 saturated carbocycles. The molecule has 0 fully saturated rings. The Morgan fingerprint density at radius 1 is 1.00 bits per heavy atom. The molecule has 0 aromatic heterocycles. The fourth-order valence-corrected chi connectivity index (χ4v) is 0.890. The average Bonchev–Trinajstić information content (AvgIpc) is 2.15. The van der Waals surface area contributed by atoms with Crippen molar-refractivity contribution in [3.05, 3.63) is 29.8 Å². The Morgan fingerprint density at radius 3 is 1.94 bits per heavy atom. The lowest BCUT2D eigenvalue weighted by molar-refractivity contribution is -0.290. The number of hydrogen-bond donors (Lipinski definition) is 0. The summed E-state index contributed by atoms with van der Waals surface area (Å²) in [5.74, 6) is -4.85. The second-order valence-electron chi connectivity index (χ2n) is 3.30. The summed E-state index contributed by atoms with van der Waals surface area (Å²) in [6.45, 7) is 0.0493. The Labute approximate surface area is 88.8 Å². The second kappa shape index (κ2) is 4.27. The van der Waals surface area contributed by atoms with Crippen LogP contribution < -0.4 is 4.74 Å². The van der Waals surface area contributed by atoms with Gasteiger partial charge in [0.2, 0.25) is 0 Å². The molecule has 0 saturated heterocycles. The number of aryl methyl sites for hydroxylation is 1. The van der Waals surface area contributed by atoms with Gasteiger partial charge in [0.15, 0.2) is 6.61 Å². The molecule has 0 spiro atoms. The first kappa shape index (κ1) is 12.7. The van der Waals surface area contributed by atoms with Crippen LogP contribution in [0.3, 0.4) is 0 Å². The largest absolute Gasteiger partial charge is 0.487 e. The molecule has 0 N–H and O–H groups in total. The van der Waals surface area contributed by atoms with Crippen LogP contribution in [0.1, 0.15) is 5.56 Å². The quantitative estimate of drug-likeness (QED) is 0.734. The fourth-order valence-electron chi connectivity index (χ4n) is 0.890. The first-order chi connectivity index (χ1) is 7.22. The van der Waals surface area contributed by atoms with Gasteiger partial charge in [-0.05, 0) is 19.1 Å². The van der Waals surface area contributed by atoms with E-state index in [-0.39, 0.29) is 5.75 Å². The van der Waals surface area contributed by atoms with Gasteiger partial charge in [-0.1, -0.05) is 17.7 Å². The maximum atomic E-state index is 12.4. The average molecular weight is 240 g/mol. The molecular weight excluding hydrogens is 231 g/mol. The van der Waals surface area contributed by atoms with E-state index in [1.165, 1.54) is 12.1 Å². The molecule has 1 rings (SSSR count). The van der Waals surface area contributed by atoms with E-state index in [2.05, 4.69) is 4.74 Å². The molecule has 1 aromatic rings. The van der Waals surface area contributed by atoms with Crippen molar-refractivity contribution in [3.8, 4) is 5.75 Å². The molecule has 1 nitrogen and oxygen atoms in total. The third-order valence-electron chi connectivity index (χ3n) is 1.86. The zero-order valence-electron chi connectivity index (χ0n) is 8.31. The molecule has 0 heterocycles. The molecule has 0 aliphatic rings. The van der Waals surface area contributed by atoms with E-state index < -0.39 is 18.7 Å². The maximum Gasteiger partial charge on any atom is 0.456 e. The predicted molar refractivity (Wildman–Crippen MR) is 47.7 cm³/mol. The van der Waals surface area contributed by atoms with Crippen LogP contribution in [0.4, 0.5) is 22.0 Å². The van der Waals surface area contributed by atoms with Crippen LogP contribution in [0.5, 0.6) is 5.75 Å². The van der Waals surface area contributed by atoms with Crippen molar-refractivity contribution in [2.75, 3.05) is 6.61 Å². The molecule has 0 unspecified atom stereocenters. The molecule has 1 aromatic carbocycles. The summed E-state index contributed by atoms with van der Waals surface area (Å²) in [4.78, 5) is 0. The molecule has 0 aliphatic carbocycles. The van der Waals surface area contributed by atoms with Gasteiger partial charge in [-0.15, -0.1) is 0 Å². The number of halogens is 5. The minimum atomic E-state index is -5.59. The van der Waals surface area contributed by atoms with Crippen LogP contribution in [0.15, 0.2) is 24.3 Å². The van der Waals surface area contributed by atoms with Gasteiger partial charge in [0, 0.05) is 0 Å². The predicted octanol–water partition coefficient (Wildman–Crippen LogP) is 3.57. The third-order valence-corrected chi connectivity index (χ3v) is 1.86. The van der Waals surface area contributed by atoms with E-state index in [1.54, 1.807) is 19.1 Å². The van der Waals surface area contributed by atoms with Crippen LogP contribution in [0, 0.1) is 6.92 Å². The zero-order chi connectivity index (χ0) is 12.4. The highest BCUT2D eigenvalue weighted by Gasteiger charge is 2.58. The van der Waals surface area contributed by atoms with Crippen LogP contribution in [-0.4, -0.2) is 18.7 Å². The van der Waals surface area contributed by atoms with E-state index in [1.807, 2.05) is 0 Å². The first-order valence-corrected chi connectivity index (χ1v) is 4.36. The van der Waals surface area contributed by atoms with Crippen molar-refractivity contribution in [1.29, 1.82) is 0 Å². The van der Waals surface area contributed by atoms with Crippen molar-refractivity contribution >= 4 is 0 Å². The third kappa shape index (κ3) is 3.08. The molecule has 0 amide bonds. The Morgan fingerprint density at radius 2 is 1.50 bits per heavy atom. The Kier molecular flexibility index (Phi) is 3.40. The number of benzene rings is 1. The minimum absolute atomic E-state index is 0.0190. The van der Waals surface area contributed by atoms with Crippen LogP contribution >= 0.6 is 0 Å². The lowest BCUT2D eigenvalue weighted by atomic mass is 10.2. The van der Waals surface area contributed by atoms with Crippen molar-refractivity contribution in [2.24, 2.45) is 0 Å². The van der Waals surface area contributed by atoms with Crippen molar-refractivity contribution in [2.45, 2.75) is 19.0 Å². The summed E-state index contributed by atoms with van der Waals surface area (Å²) in [6, 6.07) is 5.78.